The van der Waals surface area contributed by atoms with Crippen molar-refractivity contribution in [2.45, 2.75) is 39.2 Å². The quantitative estimate of drug-likeness (QED) is 0.595. The van der Waals surface area contributed by atoms with Crippen molar-refractivity contribution in [3.8, 4) is 0 Å². The first-order valence-electron chi connectivity index (χ1n) is 5.57. The standard InChI is InChI=1S/C11H25NO2/c1-4-5-11(6-7-13)8-12-10(2)9-14-3/h10-13H,4-9H2,1-3H3. The van der Waals surface area contributed by atoms with Crippen molar-refractivity contribution in [1.29, 1.82) is 0 Å². The molecule has 0 bridgehead atoms. The van der Waals surface area contributed by atoms with Gasteiger partial charge in [-0.15, -0.1) is 0 Å². The summed E-state index contributed by atoms with van der Waals surface area (Å²) in [7, 11) is 1.72. The molecule has 0 heterocycles. The molecule has 2 unspecified atom stereocenters. The van der Waals surface area contributed by atoms with Gasteiger partial charge < -0.3 is 15.2 Å². The van der Waals surface area contributed by atoms with E-state index in [1.807, 2.05) is 0 Å². The number of hydrogen-bond acceptors (Lipinski definition) is 3. The summed E-state index contributed by atoms with van der Waals surface area (Å²) in [6.07, 6.45) is 3.28. The molecular formula is C11H25NO2. The van der Waals surface area contributed by atoms with Gasteiger partial charge in [-0.2, -0.15) is 0 Å². The zero-order valence-corrected chi connectivity index (χ0v) is 9.75. The van der Waals surface area contributed by atoms with E-state index in [9.17, 15) is 0 Å². The highest BCUT2D eigenvalue weighted by atomic mass is 16.5. The predicted molar refractivity (Wildman–Crippen MR) is 59.4 cm³/mol. The molecule has 2 atom stereocenters. The van der Waals surface area contributed by atoms with E-state index < -0.39 is 0 Å². The van der Waals surface area contributed by atoms with Crippen molar-refractivity contribution in [3.05, 3.63) is 0 Å². The van der Waals surface area contributed by atoms with Gasteiger partial charge in [-0.1, -0.05) is 13.3 Å². The molecule has 0 aromatic carbocycles. The zero-order valence-electron chi connectivity index (χ0n) is 9.75. The molecule has 0 aliphatic rings. The summed E-state index contributed by atoms with van der Waals surface area (Å²) < 4.78 is 5.04. The third-order valence-corrected chi connectivity index (χ3v) is 2.41. The normalized spacial score (nSPS) is 15.4. The maximum absolute atomic E-state index is 8.88. The number of aliphatic hydroxyl groups excluding tert-OH is 1. The summed E-state index contributed by atoms with van der Waals surface area (Å²) in [5.74, 6) is 0.601. The van der Waals surface area contributed by atoms with Crippen molar-refractivity contribution in [1.82, 2.24) is 5.32 Å². The first-order valence-corrected chi connectivity index (χ1v) is 5.57. The fourth-order valence-electron chi connectivity index (χ4n) is 1.62. The second-order valence-electron chi connectivity index (χ2n) is 3.93. The molecule has 3 heteroatoms. The lowest BCUT2D eigenvalue weighted by atomic mass is 10.00. The third-order valence-electron chi connectivity index (χ3n) is 2.41. The summed E-state index contributed by atoms with van der Waals surface area (Å²) in [5, 5.41) is 12.3. The van der Waals surface area contributed by atoms with E-state index in [0.717, 1.165) is 19.6 Å². The van der Waals surface area contributed by atoms with E-state index in [-0.39, 0.29) is 0 Å². The lowest BCUT2D eigenvalue weighted by Gasteiger charge is -2.19. The van der Waals surface area contributed by atoms with E-state index in [1.54, 1.807) is 7.11 Å². The van der Waals surface area contributed by atoms with Crippen LogP contribution in [0.15, 0.2) is 0 Å². The van der Waals surface area contributed by atoms with Crippen LogP contribution in [0.5, 0.6) is 0 Å². The molecule has 86 valence electrons. The van der Waals surface area contributed by atoms with Crippen LogP contribution in [0.4, 0.5) is 0 Å². The molecular weight excluding hydrogens is 178 g/mol. The smallest absolute Gasteiger partial charge is 0.0613 e. The SMILES string of the molecule is CCCC(CCO)CNC(C)COC. The van der Waals surface area contributed by atoms with E-state index >= 15 is 0 Å². The Morgan fingerprint density at radius 2 is 2.07 bits per heavy atom. The molecule has 2 N–H and O–H groups in total. The monoisotopic (exact) mass is 203 g/mol. The topological polar surface area (TPSA) is 41.5 Å². The molecule has 14 heavy (non-hydrogen) atoms. The van der Waals surface area contributed by atoms with Gasteiger partial charge in [0, 0.05) is 19.8 Å². The largest absolute Gasteiger partial charge is 0.396 e. The van der Waals surface area contributed by atoms with Crippen molar-refractivity contribution in [3.63, 3.8) is 0 Å². The summed E-state index contributed by atoms with van der Waals surface area (Å²) >= 11 is 0. The van der Waals surface area contributed by atoms with Gasteiger partial charge in [0.25, 0.3) is 0 Å². The maximum atomic E-state index is 8.88. The second kappa shape index (κ2) is 9.44. The summed E-state index contributed by atoms with van der Waals surface area (Å²) in [6.45, 7) is 6.33. The average molecular weight is 203 g/mol. The Kier molecular flexibility index (Phi) is 9.35. The molecule has 0 aromatic rings. The molecule has 0 amide bonds. The molecule has 0 fully saturated rings. The molecule has 0 radical (unpaired) electrons. The van der Waals surface area contributed by atoms with Crippen LogP contribution < -0.4 is 5.32 Å². The van der Waals surface area contributed by atoms with Crippen molar-refractivity contribution < 1.29 is 9.84 Å². The van der Waals surface area contributed by atoms with Crippen LogP contribution in [0.2, 0.25) is 0 Å². The van der Waals surface area contributed by atoms with Gasteiger partial charge in [0.1, 0.15) is 0 Å². The fourth-order valence-corrected chi connectivity index (χ4v) is 1.62. The fraction of sp³-hybridized carbons (Fsp3) is 1.00. The number of aliphatic hydroxyl groups is 1. The number of ether oxygens (including phenoxy) is 1. The first-order chi connectivity index (χ1) is 6.74. The van der Waals surface area contributed by atoms with Gasteiger partial charge >= 0.3 is 0 Å². The van der Waals surface area contributed by atoms with Crippen LogP contribution in [-0.4, -0.2) is 38.0 Å². The van der Waals surface area contributed by atoms with Gasteiger partial charge in [0.2, 0.25) is 0 Å². The molecule has 0 aliphatic heterocycles. The van der Waals surface area contributed by atoms with Gasteiger partial charge in [-0.05, 0) is 32.2 Å². The minimum Gasteiger partial charge on any atom is -0.396 e. The highest BCUT2D eigenvalue weighted by Crippen LogP contribution is 2.09. The van der Waals surface area contributed by atoms with Crippen molar-refractivity contribution >= 4 is 0 Å². The average Bonchev–Trinajstić information content (AvgIpc) is 2.15. The lowest BCUT2D eigenvalue weighted by molar-refractivity contribution is 0.167. The van der Waals surface area contributed by atoms with Crippen LogP contribution in [0.3, 0.4) is 0 Å². The van der Waals surface area contributed by atoms with Gasteiger partial charge in [0.15, 0.2) is 0 Å². The molecule has 0 rings (SSSR count). The Balaban J connectivity index is 3.57. The second-order valence-corrected chi connectivity index (χ2v) is 3.93. The van der Waals surface area contributed by atoms with E-state index in [2.05, 4.69) is 19.2 Å². The molecule has 0 spiro atoms. The van der Waals surface area contributed by atoms with E-state index in [0.29, 0.717) is 18.6 Å². The number of methoxy groups -OCH3 is 1. The molecule has 0 aliphatic carbocycles. The van der Waals surface area contributed by atoms with Gasteiger partial charge in [-0.25, -0.2) is 0 Å². The Morgan fingerprint density at radius 3 is 2.57 bits per heavy atom. The summed E-state index contributed by atoms with van der Waals surface area (Å²) in [4.78, 5) is 0. The van der Waals surface area contributed by atoms with Gasteiger partial charge in [0.05, 0.1) is 6.61 Å². The lowest BCUT2D eigenvalue weighted by Crippen LogP contribution is -2.34. The summed E-state index contributed by atoms with van der Waals surface area (Å²) in [5.41, 5.74) is 0. The Labute approximate surface area is 87.8 Å². The summed E-state index contributed by atoms with van der Waals surface area (Å²) in [6, 6.07) is 0.401. The molecule has 0 saturated heterocycles. The van der Waals surface area contributed by atoms with Crippen LogP contribution in [0.1, 0.15) is 33.1 Å². The van der Waals surface area contributed by atoms with E-state index in [4.69, 9.17) is 9.84 Å². The number of hydrogen-bond donors (Lipinski definition) is 2. The van der Waals surface area contributed by atoms with Crippen LogP contribution in [0, 0.1) is 5.92 Å². The number of rotatable bonds is 9. The van der Waals surface area contributed by atoms with Crippen LogP contribution >= 0.6 is 0 Å². The third kappa shape index (κ3) is 7.30. The molecule has 3 nitrogen and oxygen atoms in total. The Morgan fingerprint density at radius 1 is 1.36 bits per heavy atom. The predicted octanol–water partition coefficient (Wildman–Crippen LogP) is 1.41. The zero-order chi connectivity index (χ0) is 10.8. The first kappa shape index (κ1) is 13.9. The van der Waals surface area contributed by atoms with Crippen molar-refractivity contribution in [2.24, 2.45) is 5.92 Å². The molecule has 0 aromatic heterocycles. The number of nitrogens with one attached hydrogen (secondary N) is 1. The Bertz CT molecular complexity index is 114. The Hall–Kier alpha value is -0.120. The van der Waals surface area contributed by atoms with Crippen LogP contribution in [-0.2, 0) is 4.74 Å². The molecule has 0 saturated carbocycles. The maximum Gasteiger partial charge on any atom is 0.0613 e. The minimum absolute atomic E-state index is 0.297. The van der Waals surface area contributed by atoms with Gasteiger partial charge in [-0.3, -0.25) is 0 Å². The highest BCUT2D eigenvalue weighted by Gasteiger charge is 2.08. The van der Waals surface area contributed by atoms with E-state index in [1.165, 1.54) is 12.8 Å². The van der Waals surface area contributed by atoms with Crippen LogP contribution in [0.25, 0.3) is 0 Å². The van der Waals surface area contributed by atoms with Crippen molar-refractivity contribution in [2.75, 3.05) is 26.9 Å². The highest BCUT2D eigenvalue weighted by molar-refractivity contribution is 4.66. The minimum atomic E-state index is 0.297.